The maximum atomic E-state index is 12.2. The fourth-order valence-electron chi connectivity index (χ4n) is 3.25. The molecule has 120 valence electrons. The molecule has 0 radical (unpaired) electrons. The first kappa shape index (κ1) is 15.9. The Hall–Kier alpha value is -1.01. The minimum atomic E-state index is -3.00. The average Bonchev–Trinajstić information content (AvgIpc) is 2.79. The molecule has 0 aromatic heterocycles. The minimum Gasteiger partial charge on any atom is -0.308 e. The lowest BCUT2D eigenvalue weighted by Gasteiger charge is -2.24. The third-order valence-electron chi connectivity index (χ3n) is 4.01. The second-order valence-electron chi connectivity index (χ2n) is 7.08. The van der Waals surface area contributed by atoms with E-state index in [0.29, 0.717) is 6.42 Å². The SMILES string of the molecule is CC(C)(C)Sc1ccc(N2C(=O)CC3CS(=O)(=O)CC32)cc1. The van der Waals surface area contributed by atoms with Crippen molar-refractivity contribution in [3.63, 3.8) is 0 Å². The van der Waals surface area contributed by atoms with E-state index in [2.05, 4.69) is 20.8 Å². The second kappa shape index (κ2) is 5.27. The number of sulfone groups is 1. The van der Waals surface area contributed by atoms with Crippen LogP contribution >= 0.6 is 11.8 Å². The number of hydrogen-bond acceptors (Lipinski definition) is 4. The van der Waals surface area contributed by atoms with E-state index in [1.54, 1.807) is 16.7 Å². The molecule has 2 atom stereocenters. The summed E-state index contributed by atoms with van der Waals surface area (Å²) in [6.45, 7) is 6.47. The lowest BCUT2D eigenvalue weighted by atomic mass is 10.1. The van der Waals surface area contributed by atoms with Crippen molar-refractivity contribution in [2.24, 2.45) is 5.92 Å². The van der Waals surface area contributed by atoms with Gasteiger partial charge in [0.25, 0.3) is 0 Å². The topological polar surface area (TPSA) is 54.5 Å². The highest BCUT2D eigenvalue weighted by atomic mass is 32.2. The zero-order chi connectivity index (χ0) is 16.1. The van der Waals surface area contributed by atoms with Crippen molar-refractivity contribution >= 4 is 33.2 Å². The summed E-state index contributed by atoms with van der Waals surface area (Å²) in [6, 6.07) is 7.70. The molecule has 2 saturated heterocycles. The van der Waals surface area contributed by atoms with Gasteiger partial charge in [0.05, 0.1) is 17.5 Å². The van der Waals surface area contributed by atoms with E-state index in [1.807, 2.05) is 24.3 Å². The fraction of sp³-hybridized carbons (Fsp3) is 0.562. The Labute approximate surface area is 136 Å². The van der Waals surface area contributed by atoms with Gasteiger partial charge >= 0.3 is 0 Å². The predicted octanol–water partition coefficient (Wildman–Crippen LogP) is 2.73. The Kier molecular flexibility index (Phi) is 3.80. The number of fused-ring (bicyclic) bond motifs is 1. The van der Waals surface area contributed by atoms with Crippen LogP contribution in [0, 0.1) is 5.92 Å². The van der Waals surface area contributed by atoms with Gasteiger partial charge in [-0.05, 0) is 24.3 Å². The summed E-state index contributed by atoms with van der Waals surface area (Å²) in [5.41, 5.74) is 0.813. The van der Waals surface area contributed by atoms with Crippen LogP contribution in [0.1, 0.15) is 27.2 Å². The summed E-state index contributed by atoms with van der Waals surface area (Å²) in [5.74, 6) is 0.252. The van der Waals surface area contributed by atoms with Crippen LogP contribution in [0.5, 0.6) is 0 Å². The van der Waals surface area contributed by atoms with E-state index in [1.165, 1.54) is 0 Å². The molecule has 2 aliphatic heterocycles. The summed E-state index contributed by atoms with van der Waals surface area (Å²) in [4.78, 5) is 15.1. The van der Waals surface area contributed by atoms with Crippen LogP contribution in [0.4, 0.5) is 5.69 Å². The van der Waals surface area contributed by atoms with Crippen LogP contribution in [0.3, 0.4) is 0 Å². The third kappa shape index (κ3) is 3.18. The first-order valence-electron chi connectivity index (χ1n) is 7.46. The van der Waals surface area contributed by atoms with E-state index in [9.17, 15) is 13.2 Å². The molecule has 2 aliphatic rings. The second-order valence-corrected chi connectivity index (χ2v) is 11.1. The van der Waals surface area contributed by atoms with Gasteiger partial charge in [0.2, 0.25) is 5.91 Å². The van der Waals surface area contributed by atoms with Gasteiger partial charge in [-0.3, -0.25) is 4.79 Å². The lowest BCUT2D eigenvalue weighted by molar-refractivity contribution is -0.117. The largest absolute Gasteiger partial charge is 0.308 e. The molecule has 2 unspecified atom stereocenters. The molecule has 6 heteroatoms. The lowest BCUT2D eigenvalue weighted by Crippen LogP contribution is -2.36. The number of hydrogen-bond donors (Lipinski definition) is 0. The van der Waals surface area contributed by atoms with Gasteiger partial charge in [0.1, 0.15) is 0 Å². The van der Waals surface area contributed by atoms with Crippen LogP contribution in [-0.4, -0.2) is 36.6 Å². The van der Waals surface area contributed by atoms with E-state index in [0.717, 1.165) is 10.6 Å². The highest BCUT2D eigenvalue weighted by molar-refractivity contribution is 8.00. The summed E-state index contributed by atoms with van der Waals surface area (Å²) in [7, 11) is -3.00. The van der Waals surface area contributed by atoms with Gasteiger partial charge in [-0.2, -0.15) is 0 Å². The molecule has 0 spiro atoms. The van der Waals surface area contributed by atoms with E-state index < -0.39 is 9.84 Å². The molecular formula is C16H21NO3S2. The number of rotatable bonds is 2. The number of carbonyl (C=O) groups excluding carboxylic acids is 1. The van der Waals surface area contributed by atoms with Crippen molar-refractivity contribution in [1.82, 2.24) is 0 Å². The number of thioether (sulfide) groups is 1. The Balaban J connectivity index is 1.83. The molecular weight excluding hydrogens is 318 g/mol. The van der Waals surface area contributed by atoms with E-state index >= 15 is 0 Å². The summed E-state index contributed by atoms with van der Waals surface area (Å²) < 4.78 is 23.7. The molecule has 1 amide bonds. The van der Waals surface area contributed by atoms with Crippen molar-refractivity contribution in [1.29, 1.82) is 0 Å². The quantitative estimate of drug-likeness (QED) is 0.778. The Morgan fingerprint density at radius 3 is 2.36 bits per heavy atom. The van der Waals surface area contributed by atoms with Gasteiger partial charge in [-0.15, -0.1) is 11.8 Å². The van der Waals surface area contributed by atoms with Gasteiger partial charge < -0.3 is 4.90 Å². The van der Waals surface area contributed by atoms with Crippen molar-refractivity contribution in [3.8, 4) is 0 Å². The molecule has 2 fully saturated rings. The number of carbonyl (C=O) groups is 1. The van der Waals surface area contributed by atoms with E-state index in [4.69, 9.17) is 0 Å². The summed E-state index contributed by atoms with van der Waals surface area (Å²) >= 11 is 1.77. The van der Waals surface area contributed by atoms with Crippen LogP contribution < -0.4 is 4.90 Å². The van der Waals surface area contributed by atoms with Crippen molar-refractivity contribution in [2.75, 3.05) is 16.4 Å². The predicted molar refractivity (Wildman–Crippen MR) is 90.1 cm³/mol. The number of amides is 1. The minimum absolute atomic E-state index is 0.0406. The number of nitrogens with zero attached hydrogens (tertiary/aromatic N) is 1. The van der Waals surface area contributed by atoms with Gasteiger partial charge in [-0.1, -0.05) is 20.8 Å². The highest BCUT2D eigenvalue weighted by Gasteiger charge is 2.49. The van der Waals surface area contributed by atoms with Crippen molar-refractivity contribution in [3.05, 3.63) is 24.3 Å². The van der Waals surface area contributed by atoms with E-state index in [-0.39, 0.29) is 34.1 Å². The standard InChI is InChI=1S/C16H21NO3S2/c1-16(2,3)21-13-6-4-12(5-7-13)17-14-10-22(19,20)9-11(14)8-15(17)18/h4-7,11,14H,8-10H2,1-3H3. The molecule has 22 heavy (non-hydrogen) atoms. The monoisotopic (exact) mass is 339 g/mol. The highest BCUT2D eigenvalue weighted by Crippen LogP contribution is 2.38. The first-order chi connectivity index (χ1) is 10.1. The van der Waals surface area contributed by atoms with Crippen LogP contribution in [-0.2, 0) is 14.6 Å². The number of benzene rings is 1. The molecule has 0 saturated carbocycles. The molecule has 1 aromatic carbocycles. The molecule has 0 bridgehead atoms. The van der Waals surface area contributed by atoms with Crippen LogP contribution in [0.25, 0.3) is 0 Å². The maximum absolute atomic E-state index is 12.2. The summed E-state index contributed by atoms with van der Waals surface area (Å²) in [6.07, 6.45) is 0.350. The van der Waals surface area contributed by atoms with Crippen molar-refractivity contribution < 1.29 is 13.2 Å². The van der Waals surface area contributed by atoms with Crippen LogP contribution in [0.15, 0.2) is 29.2 Å². The maximum Gasteiger partial charge on any atom is 0.227 e. The zero-order valence-electron chi connectivity index (χ0n) is 13.1. The first-order valence-corrected chi connectivity index (χ1v) is 10.1. The Bertz CT molecular complexity index is 689. The molecule has 1 aromatic rings. The molecule has 0 N–H and O–H groups in total. The number of anilines is 1. The van der Waals surface area contributed by atoms with Gasteiger partial charge in [-0.25, -0.2) is 8.42 Å². The molecule has 2 heterocycles. The third-order valence-corrected chi connectivity index (χ3v) is 6.92. The smallest absolute Gasteiger partial charge is 0.227 e. The molecule has 0 aliphatic carbocycles. The Morgan fingerprint density at radius 1 is 1.14 bits per heavy atom. The fourth-order valence-corrected chi connectivity index (χ4v) is 6.30. The van der Waals surface area contributed by atoms with Gasteiger partial charge in [0, 0.05) is 27.7 Å². The molecule has 3 rings (SSSR count). The van der Waals surface area contributed by atoms with Gasteiger partial charge in [0.15, 0.2) is 9.84 Å². The van der Waals surface area contributed by atoms with Crippen LogP contribution in [0.2, 0.25) is 0 Å². The zero-order valence-corrected chi connectivity index (χ0v) is 14.7. The van der Waals surface area contributed by atoms with Crippen molar-refractivity contribution in [2.45, 2.75) is 42.9 Å². The average molecular weight is 339 g/mol. The normalized spacial score (nSPS) is 27.2. The summed E-state index contributed by atoms with van der Waals surface area (Å²) in [5, 5.41) is 0. The Morgan fingerprint density at radius 2 is 1.77 bits per heavy atom. The molecule has 4 nitrogen and oxygen atoms in total.